The van der Waals surface area contributed by atoms with Crippen LogP contribution in [0.4, 0.5) is 5.69 Å². The molecule has 0 saturated carbocycles. The molecule has 0 radical (unpaired) electrons. The van der Waals surface area contributed by atoms with Crippen LogP contribution in [0.3, 0.4) is 0 Å². The van der Waals surface area contributed by atoms with Crippen molar-refractivity contribution < 1.29 is 4.79 Å². The van der Waals surface area contributed by atoms with Crippen molar-refractivity contribution in [1.82, 2.24) is 9.80 Å². The first-order valence-corrected chi connectivity index (χ1v) is 10.1. The third-order valence-corrected chi connectivity index (χ3v) is 6.22. The first kappa shape index (κ1) is 19.2. The van der Waals surface area contributed by atoms with E-state index < -0.39 is 0 Å². The monoisotopic (exact) mass is 391 g/mol. The highest BCUT2D eigenvalue weighted by Crippen LogP contribution is 2.24. The quantitative estimate of drug-likeness (QED) is 0.775. The summed E-state index contributed by atoms with van der Waals surface area (Å²) < 4.78 is 0.794. The lowest BCUT2D eigenvalue weighted by Gasteiger charge is -2.37. The number of hydrogen-bond donors (Lipinski definition) is 0. The molecule has 1 aliphatic heterocycles. The van der Waals surface area contributed by atoms with E-state index in [0.717, 1.165) is 37.1 Å². The summed E-state index contributed by atoms with van der Waals surface area (Å²) in [7, 11) is 1.98. The van der Waals surface area contributed by atoms with Gasteiger partial charge in [0, 0.05) is 43.3 Å². The van der Waals surface area contributed by atoms with E-state index >= 15 is 0 Å². The second-order valence-electron chi connectivity index (χ2n) is 6.96. The van der Waals surface area contributed by atoms with Gasteiger partial charge in [-0.05, 0) is 50.2 Å². The highest BCUT2D eigenvalue weighted by molar-refractivity contribution is 7.16. The number of carbonyl (C=O) groups is 1. The Balaban J connectivity index is 1.51. The molecule has 0 unspecified atom stereocenters. The van der Waals surface area contributed by atoms with Gasteiger partial charge >= 0.3 is 0 Å². The number of likely N-dealkylation sites (N-methyl/N-ethyl adjacent to an activating group) is 1. The predicted molar refractivity (Wildman–Crippen MR) is 110 cm³/mol. The summed E-state index contributed by atoms with van der Waals surface area (Å²) in [6.07, 6.45) is 0. The average Bonchev–Trinajstić information content (AvgIpc) is 3.02. The highest BCUT2D eigenvalue weighted by atomic mass is 35.5. The van der Waals surface area contributed by atoms with Gasteiger partial charge in [0.05, 0.1) is 10.9 Å². The standard InChI is InChI=1S/C20H26ClN3OS/c1-15-5-4-6-18(16(15)2)23-9-11-24(12-10-23)20(25)14-22(3)13-17-7-8-19(21)26-17/h4-8H,9-14H2,1-3H3. The van der Waals surface area contributed by atoms with Crippen molar-refractivity contribution in [2.45, 2.75) is 20.4 Å². The number of anilines is 1. The maximum Gasteiger partial charge on any atom is 0.236 e. The topological polar surface area (TPSA) is 26.8 Å². The maximum absolute atomic E-state index is 12.6. The van der Waals surface area contributed by atoms with Gasteiger partial charge in [-0.2, -0.15) is 0 Å². The predicted octanol–water partition coefficient (Wildman–Crippen LogP) is 3.80. The minimum atomic E-state index is 0.204. The Morgan fingerprint density at radius 3 is 2.54 bits per heavy atom. The minimum Gasteiger partial charge on any atom is -0.368 e. The van der Waals surface area contributed by atoms with Crippen molar-refractivity contribution in [3.8, 4) is 0 Å². The van der Waals surface area contributed by atoms with E-state index in [9.17, 15) is 4.79 Å². The van der Waals surface area contributed by atoms with Crippen LogP contribution in [-0.2, 0) is 11.3 Å². The normalized spacial score (nSPS) is 15.0. The summed E-state index contributed by atoms with van der Waals surface area (Å²) in [5.74, 6) is 0.204. The zero-order valence-electron chi connectivity index (χ0n) is 15.7. The Kier molecular flexibility index (Phi) is 6.22. The maximum atomic E-state index is 12.6. The number of rotatable bonds is 5. The number of aryl methyl sites for hydroxylation is 1. The number of hydrogen-bond acceptors (Lipinski definition) is 4. The van der Waals surface area contributed by atoms with Gasteiger partial charge in [0.25, 0.3) is 0 Å². The number of nitrogens with zero attached hydrogens (tertiary/aromatic N) is 3. The van der Waals surface area contributed by atoms with E-state index in [1.165, 1.54) is 21.7 Å². The molecule has 6 heteroatoms. The summed E-state index contributed by atoms with van der Waals surface area (Å²) in [5, 5.41) is 0. The van der Waals surface area contributed by atoms with Crippen LogP contribution in [0.25, 0.3) is 0 Å². The van der Waals surface area contributed by atoms with Crippen LogP contribution in [0.5, 0.6) is 0 Å². The molecule has 1 amide bonds. The zero-order chi connectivity index (χ0) is 18.7. The third-order valence-electron chi connectivity index (χ3n) is 5.01. The number of amides is 1. The average molecular weight is 392 g/mol. The molecule has 26 heavy (non-hydrogen) atoms. The lowest BCUT2D eigenvalue weighted by molar-refractivity contribution is -0.132. The Labute approximate surface area is 165 Å². The van der Waals surface area contributed by atoms with Crippen LogP contribution in [0, 0.1) is 13.8 Å². The molecule has 0 spiro atoms. The number of thiophene rings is 1. The fourth-order valence-corrected chi connectivity index (χ4v) is 4.53. The SMILES string of the molecule is Cc1cccc(N2CCN(C(=O)CN(C)Cc3ccc(Cl)s3)CC2)c1C. The number of carbonyl (C=O) groups excluding carboxylic acids is 1. The van der Waals surface area contributed by atoms with Gasteiger partial charge in [0.1, 0.15) is 0 Å². The summed E-state index contributed by atoms with van der Waals surface area (Å²) in [6, 6.07) is 10.4. The Morgan fingerprint density at radius 2 is 1.88 bits per heavy atom. The fraction of sp³-hybridized carbons (Fsp3) is 0.450. The molecular formula is C20H26ClN3OS. The number of benzene rings is 1. The van der Waals surface area contributed by atoms with Crippen molar-refractivity contribution in [1.29, 1.82) is 0 Å². The van der Waals surface area contributed by atoms with E-state index in [1.54, 1.807) is 11.3 Å². The van der Waals surface area contributed by atoms with E-state index in [-0.39, 0.29) is 5.91 Å². The van der Waals surface area contributed by atoms with Gasteiger partial charge in [-0.15, -0.1) is 11.3 Å². The lowest BCUT2D eigenvalue weighted by Crippen LogP contribution is -2.51. The second-order valence-corrected chi connectivity index (χ2v) is 8.76. The Hall–Kier alpha value is -1.56. The third kappa shape index (κ3) is 4.58. The van der Waals surface area contributed by atoms with Crippen LogP contribution < -0.4 is 4.90 Å². The summed E-state index contributed by atoms with van der Waals surface area (Å²) in [6.45, 7) is 8.87. The minimum absolute atomic E-state index is 0.204. The van der Waals surface area contributed by atoms with Crippen molar-refractivity contribution >= 4 is 34.5 Å². The Bertz CT molecular complexity index is 768. The van der Waals surface area contributed by atoms with Crippen LogP contribution in [0.1, 0.15) is 16.0 Å². The van der Waals surface area contributed by atoms with Crippen LogP contribution in [-0.4, -0.2) is 55.5 Å². The molecule has 0 N–H and O–H groups in total. The smallest absolute Gasteiger partial charge is 0.236 e. The van der Waals surface area contributed by atoms with E-state index in [2.05, 4.69) is 41.8 Å². The van der Waals surface area contributed by atoms with E-state index in [0.29, 0.717) is 6.54 Å². The molecule has 1 fully saturated rings. The van der Waals surface area contributed by atoms with E-state index in [1.807, 2.05) is 24.1 Å². The fourth-order valence-electron chi connectivity index (χ4n) is 3.36. The number of halogens is 1. The molecule has 4 nitrogen and oxygen atoms in total. The highest BCUT2D eigenvalue weighted by Gasteiger charge is 2.23. The van der Waals surface area contributed by atoms with Crippen molar-refractivity contribution in [3.63, 3.8) is 0 Å². The molecule has 2 heterocycles. The number of piperazine rings is 1. The van der Waals surface area contributed by atoms with Gasteiger partial charge in [-0.1, -0.05) is 23.7 Å². The molecule has 2 aromatic rings. The molecule has 1 aromatic heterocycles. The molecule has 0 bridgehead atoms. The van der Waals surface area contributed by atoms with Gasteiger partial charge < -0.3 is 9.80 Å². The first-order valence-electron chi connectivity index (χ1n) is 8.95. The molecule has 1 aromatic carbocycles. The van der Waals surface area contributed by atoms with Gasteiger partial charge in [-0.25, -0.2) is 0 Å². The van der Waals surface area contributed by atoms with Crippen molar-refractivity contribution in [2.75, 3.05) is 44.7 Å². The molecule has 3 rings (SSSR count). The molecule has 1 aliphatic rings. The van der Waals surface area contributed by atoms with Crippen LogP contribution in [0.15, 0.2) is 30.3 Å². The molecule has 1 saturated heterocycles. The van der Waals surface area contributed by atoms with Gasteiger partial charge in [0.2, 0.25) is 5.91 Å². The van der Waals surface area contributed by atoms with E-state index in [4.69, 9.17) is 11.6 Å². The van der Waals surface area contributed by atoms with Crippen LogP contribution in [0.2, 0.25) is 4.34 Å². The lowest BCUT2D eigenvalue weighted by atomic mass is 10.1. The summed E-state index contributed by atoms with van der Waals surface area (Å²) in [4.78, 5) is 20.2. The molecule has 140 valence electrons. The molecule has 0 atom stereocenters. The first-order chi connectivity index (χ1) is 12.4. The summed E-state index contributed by atoms with van der Waals surface area (Å²) in [5.41, 5.74) is 3.95. The second kappa shape index (κ2) is 8.42. The molecule has 0 aliphatic carbocycles. The van der Waals surface area contributed by atoms with Gasteiger partial charge in [0.15, 0.2) is 0 Å². The summed E-state index contributed by atoms with van der Waals surface area (Å²) >= 11 is 7.55. The van der Waals surface area contributed by atoms with Crippen molar-refractivity contribution in [3.05, 3.63) is 50.7 Å². The van der Waals surface area contributed by atoms with Crippen LogP contribution >= 0.6 is 22.9 Å². The largest absolute Gasteiger partial charge is 0.368 e. The molecular weight excluding hydrogens is 366 g/mol. The Morgan fingerprint density at radius 1 is 1.15 bits per heavy atom. The van der Waals surface area contributed by atoms with Crippen molar-refractivity contribution in [2.24, 2.45) is 0 Å². The zero-order valence-corrected chi connectivity index (χ0v) is 17.2. The van der Waals surface area contributed by atoms with Gasteiger partial charge in [-0.3, -0.25) is 9.69 Å².